The first-order chi connectivity index (χ1) is 8.59. The van der Waals surface area contributed by atoms with Crippen molar-refractivity contribution in [1.82, 2.24) is 4.72 Å². The van der Waals surface area contributed by atoms with Crippen LogP contribution < -0.4 is 56.1 Å². The van der Waals surface area contributed by atoms with Crippen molar-refractivity contribution in [2.45, 2.75) is 4.90 Å². The molecule has 0 atom stereocenters. The van der Waals surface area contributed by atoms with Gasteiger partial charge in [-0.3, -0.25) is 4.79 Å². The average Bonchev–Trinajstić information content (AvgIpc) is 2.40. The van der Waals surface area contributed by atoms with Crippen molar-refractivity contribution in [2.75, 3.05) is 0 Å². The number of sulfonamides is 1. The van der Waals surface area contributed by atoms with Gasteiger partial charge >= 0.3 is 51.4 Å². The predicted octanol–water partition coefficient (Wildman–Crippen LogP) is -1.08. The van der Waals surface area contributed by atoms with Crippen LogP contribution in [0, 0.1) is 0 Å². The van der Waals surface area contributed by atoms with E-state index in [9.17, 15) is 13.2 Å². The molecule has 0 bridgehead atoms. The van der Waals surface area contributed by atoms with E-state index in [1.54, 1.807) is 48.5 Å². The second-order valence-electron chi connectivity index (χ2n) is 3.61. The number of carbonyl (C=O) groups is 1. The van der Waals surface area contributed by atoms with E-state index in [4.69, 9.17) is 0 Å². The monoisotopic (exact) mass is 301 g/mol. The molecule has 0 saturated heterocycles. The van der Waals surface area contributed by atoms with Crippen LogP contribution in [0.4, 0.5) is 0 Å². The van der Waals surface area contributed by atoms with Crippen molar-refractivity contribution in [2.24, 2.45) is 0 Å². The number of benzene rings is 2. The molecular formula is C13H12KNO3S. The summed E-state index contributed by atoms with van der Waals surface area (Å²) in [4.78, 5) is 11.8. The van der Waals surface area contributed by atoms with Crippen molar-refractivity contribution >= 4 is 15.9 Å². The summed E-state index contributed by atoms with van der Waals surface area (Å²) >= 11 is 0. The van der Waals surface area contributed by atoms with Gasteiger partial charge in [-0.1, -0.05) is 36.4 Å². The molecule has 1 N–H and O–H groups in total. The maximum absolute atomic E-state index is 11.9. The molecule has 6 heteroatoms. The summed E-state index contributed by atoms with van der Waals surface area (Å²) in [6, 6.07) is 16.0. The molecule has 0 heterocycles. The maximum atomic E-state index is 11.9. The van der Waals surface area contributed by atoms with Crippen LogP contribution in [0.3, 0.4) is 0 Å². The minimum Gasteiger partial charge on any atom is -1.00 e. The molecule has 4 nitrogen and oxygen atoms in total. The molecule has 0 aliphatic heterocycles. The summed E-state index contributed by atoms with van der Waals surface area (Å²) in [7, 11) is -3.81. The Labute approximate surface area is 156 Å². The van der Waals surface area contributed by atoms with Crippen molar-refractivity contribution < 1.29 is 66.0 Å². The Hall–Kier alpha value is -0.504. The van der Waals surface area contributed by atoms with Gasteiger partial charge < -0.3 is 1.43 Å². The van der Waals surface area contributed by atoms with Crippen molar-refractivity contribution in [3.8, 4) is 0 Å². The molecule has 2 rings (SSSR count). The van der Waals surface area contributed by atoms with Crippen LogP contribution in [-0.4, -0.2) is 14.3 Å². The number of hydrogen-bond donors (Lipinski definition) is 1. The van der Waals surface area contributed by atoms with Crippen LogP contribution >= 0.6 is 0 Å². The van der Waals surface area contributed by atoms with Gasteiger partial charge in [-0.2, -0.15) is 0 Å². The van der Waals surface area contributed by atoms with Crippen LogP contribution in [0.5, 0.6) is 0 Å². The van der Waals surface area contributed by atoms with Gasteiger partial charge in [0.2, 0.25) is 0 Å². The van der Waals surface area contributed by atoms with Crippen LogP contribution in [-0.2, 0) is 10.0 Å². The zero-order valence-electron chi connectivity index (χ0n) is 11.4. The topological polar surface area (TPSA) is 63.2 Å². The van der Waals surface area contributed by atoms with Crippen LogP contribution in [0.1, 0.15) is 11.8 Å². The molecule has 0 aromatic heterocycles. The summed E-state index contributed by atoms with van der Waals surface area (Å²) in [5.74, 6) is -0.639. The van der Waals surface area contributed by atoms with E-state index >= 15 is 0 Å². The first-order valence-corrected chi connectivity index (χ1v) is 6.75. The van der Waals surface area contributed by atoms with Gasteiger partial charge in [-0.15, -0.1) is 0 Å². The van der Waals surface area contributed by atoms with Crippen molar-refractivity contribution in [3.05, 3.63) is 66.2 Å². The largest absolute Gasteiger partial charge is 1.00 e. The van der Waals surface area contributed by atoms with E-state index in [-0.39, 0.29) is 57.7 Å². The number of amides is 1. The van der Waals surface area contributed by atoms with E-state index in [1.165, 1.54) is 12.1 Å². The normalized spacial score (nSPS) is 10.3. The molecule has 0 aliphatic carbocycles. The quantitative estimate of drug-likeness (QED) is 0.734. The first kappa shape index (κ1) is 16.6. The molecular weight excluding hydrogens is 289 g/mol. The van der Waals surface area contributed by atoms with Crippen molar-refractivity contribution in [1.29, 1.82) is 0 Å². The molecule has 19 heavy (non-hydrogen) atoms. The summed E-state index contributed by atoms with van der Waals surface area (Å²) < 4.78 is 25.8. The van der Waals surface area contributed by atoms with Gasteiger partial charge in [0.05, 0.1) is 4.90 Å². The molecule has 0 fully saturated rings. The smallest absolute Gasteiger partial charge is 1.00 e. The fraction of sp³-hybridized carbons (Fsp3) is 0. The Bertz CT molecular complexity index is 648. The van der Waals surface area contributed by atoms with Crippen LogP contribution in [0.2, 0.25) is 0 Å². The summed E-state index contributed by atoms with van der Waals surface area (Å²) in [6.07, 6.45) is 0. The second kappa shape index (κ2) is 7.32. The Morgan fingerprint density at radius 3 is 1.89 bits per heavy atom. The maximum Gasteiger partial charge on any atom is 1.00 e. The molecule has 0 unspecified atom stereocenters. The molecule has 0 radical (unpaired) electrons. The van der Waals surface area contributed by atoms with E-state index in [0.717, 1.165) is 0 Å². The van der Waals surface area contributed by atoms with Crippen LogP contribution in [0.25, 0.3) is 0 Å². The van der Waals surface area contributed by atoms with E-state index in [0.29, 0.717) is 5.56 Å². The molecule has 1 amide bonds. The van der Waals surface area contributed by atoms with Gasteiger partial charge in [-0.05, 0) is 24.3 Å². The zero-order chi connectivity index (χ0) is 13.0. The van der Waals surface area contributed by atoms with Gasteiger partial charge in [0.15, 0.2) is 0 Å². The van der Waals surface area contributed by atoms with Gasteiger partial charge in [-0.25, -0.2) is 13.1 Å². The zero-order valence-corrected chi connectivity index (χ0v) is 14.3. The predicted molar refractivity (Wildman–Crippen MR) is 68.6 cm³/mol. The van der Waals surface area contributed by atoms with Gasteiger partial charge in [0.25, 0.3) is 15.9 Å². The Morgan fingerprint density at radius 2 is 1.37 bits per heavy atom. The third kappa shape index (κ3) is 4.52. The minimum absolute atomic E-state index is 0. The number of carbonyl (C=O) groups excluding carboxylic acids is 1. The standard InChI is InChI=1S/C13H11NO3S.K.H/c15-13(11-7-3-1-4-8-11)14-18(16,17)12-9-5-2-6-10-12;;/h1-10H,(H,14,15);;/q;+1;-1. The Morgan fingerprint density at radius 1 is 0.895 bits per heavy atom. The number of hydrogen-bond acceptors (Lipinski definition) is 3. The average molecular weight is 301 g/mol. The number of nitrogens with one attached hydrogen (secondary N) is 1. The van der Waals surface area contributed by atoms with E-state index in [2.05, 4.69) is 0 Å². The molecule has 2 aromatic carbocycles. The molecule has 0 aliphatic rings. The fourth-order valence-electron chi connectivity index (χ4n) is 1.43. The minimum atomic E-state index is -3.81. The fourth-order valence-corrected chi connectivity index (χ4v) is 2.42. The second-order valence-corrected chi connectivity index (χ2v) is 5.30. The molecule has 0 spiro atoms. The van der Waals surface area contributed by atoms with E-state index in [1.807, 2.05) is 4.72 Å². The summed E-state index contributed by atoms with van der Waals surface area (Å²) in [6.45, 7) is 0. The van der Waals surface area contributed by atoms with Crippen molar-refractivity contribution in [3.63, 3.8) is 0 Å². The third-order valence-electron chi connectivity index (χ3n) is 2.32. The van der Waals surface area contributed by atoms with E-state index < -0.39 is 15.9 Å². The van der Waals surface area contributed by atoms with Crippen LogP contribution in [0.15, 0.2) is 65.6 Å². The summed E-state index contributed by atoms with van der Waals surface area (Å²) in [5.41, 5.74) is 0.303. The summed E-state index contributed by atoms with van der Waals surface area (Å²) in [5, 5.41) is 0. The van der Waals surface area contributed by atoms with Gasteiger partial charge in [0.1, 0.15) is 0 Å². The SMILES string of the molecule is O=C(NS(=O)(=O)c1ccccc1)c1ccccc1.[H-].[K+]. The molecule has 2 aromatic rings. The first-order valence-electron chi connectivity index (χ1n) is 5.27. The number of rotatable bonds is 3. The Kier molecular flexibility index (Phi) is 6.38. The molecule has 0 saturated carbocycles. The molecule has 94 valence electrons. The Balaban J connectivity index is 0.00000180. The van der Waals surface area contributed by atoms with Gasteiger partial charge in [0, 0.05) is 5.56 Å². The third-order valence-corrected chi connectivity index (χ3v) is 3.66.